The van der Waals surface area contributed by atoms with Gasteiger partial charge in [-0.05, 0) is 11.6 Å². The number of carbonyl (C=O) groups excluding carboxylic acids is 4. The van der Waals surface area contributed by atoms with E-state index in [0.29, 0.717) is 5.56 Å². The number of hydrogen-bond donors (Lipinski definition) is 2. The third-order valence-electron chi connectivity index (χ3n) is 7.00. The van der Waals surface area contributed by atoms with Gasteiger partial charge in [-0.1, -0.05) is 60.7 Å². The second kappa shape index (κ2) is 7.49. The van der Waals surface area contributed by atoms with Crippen LogP contribution >= 0.6 is 0 Å². The maximum absolute atomic E-state index is 13.8. The maximum atomic E-state index is 13.8. The highest BCUT2D eigenvalue weighted by Gasteiger charge is 2.74. The highest BCUT2D eigenvalue weighted by Crippen LogP contribution is 2.57. The molecule has 4 atom stereocenters. The van der Waals surface area contributed by atoms with Crippen molar-refractivity contribution >= 4 is 34.8 Å². The minimum atomic E-state index is -2.17. The van der Waals surface area contributed by atoms with E-state index in [0.717, 1.165) is 4.90 Å². The van der Waals surface area contributed by atoms with Crippen molar-refractivity contribution in [3.8, 4) is 0 Å². The van der Waals surface area contributed by atoms with Crippen LogP contribution in [0.4, 0.5) is 11.4 Å². The average Bonchev–Trinajstić information content (AvgIpc) is 3.44. The predicted octanol–water partition coefficient (Wildman–Crippen LogP) is 1.79. The molecule has 174 valence electrons. The molecule has 0 aromatic heterocycles. The van der Waals surface area contributed by atoms with Crippen LogP contribution in [0.3, 0.4) is 0 Å². The van der Waals surface area contributed by atoms with E-state index < -0.39 is 52.1 Å². The van der Waals surface area contributed by atoms with Gasteiger partial charge in [0.15, 0.2) is 5.69 Å². The number of Topliss-reactive ketones (excluding diaryl/α,β-unsaturated/α-hetero) is 2. The van der Waals surface area contributed by atoms with Crippen molar-refractivity contribution in [1.29, 1.82) is 0 Å². The van der Waals surface area contributed by atoms with Crippen LogP contribution in [0, 0.1) is 17.0 Å². The smallest absolute Gasteiger partial charge is 0.241 e. The molecule has 9 nitrogen and oxygen atoms in total. The molecule has 2 saturated heterocycles. The Morgan fingerprint density at radius 2 is 1.46 bits per heavy atom. The number of ketones is 2. The van der Waals surface area contributed by atoms with Crippen molar-refractivity contribution in [3.05, 3.63) is 101 Å². The van der Waals surface area contributed by atoms with Crippen LogP contribution in [-0.4, -0.2) is 34.2 Å². The van der Waals surface area contributed by atoms with Crippen LogP contribution in [0.25, 0.3) is 0 Å². The Balaban J connectivity index is 1.53. The molecule has 2 amide bonds. The molecule has 2 aliphatic heterocycles. The SMILES string of the molecule is O=C1[C@H]2[C@@H](C(=O)N1c1cccc([NH+]([O-])O)c1)C1(O[C@H]2c2ccccc2)C(=O)c2ccccc2C1=O. The van der Waals surface area contributed by atoms with Gasteiger partial charge in [0.25, 0.3) is 0 Å². The fourth-order valence-electron chi connectivity index (χ4n) is 5.49. The molecule has 1 spiro atoms. The van der Waals surface area contributed by atoms with Crippen molar-refractivity contribution < 1.29 is 34.3 Å². The van der Waals surface area contributed by atoms with Crippen LogP contribution in [0.5, 0.6) is 0 Å². The summed E-state index contributed by atoms with van der Waals surface area (Å²) in [5.41, 5.74) is -1.36. The van der Waals surface area contributed by atoms with E-state index in [1.54, 1.807) is 42.5 Å². The van der Waals surface area contributed by atoms with E-state index in [1.165, 1.54) is 36.4 Å². The molecule has 9 heteroatoms. The van der Waals surface area contributed by atoms with E-state index in [-0.39, 0.29) is 22.5 Å². The molecular weight excluding hydrogens is 452 g/mol. The number of anilines is 1. The quantitative estimate of drug-likeness (QED) is 0.339. The van der Waals surface area contributed by atoms with Crippen LogP contribution < -0.4 is 10.1 Å². The number of ether oxygens (including phenoxy) is 1. The summed E-state index contributed by atoms with van der Waals surface area (Å²) in [6, 6.07) is 20.4. The fraction of sp³-hybridized carbons (Fsp3) is 0.154. The standard InChI is InChI=1S/C26H18N2O7/c29-22-17-11-4-5-12-18(17)23(30)26(22)20-19(21(35-26)14-7-2-1-3-8-14)24(31)27(25(20)32)15-9-6-10-16(13-15)28(33)34/h1-13,19-21,28,33H/t19-,20-,21-/m0/s1. The van der Waals surface area contributed by atoms with E-state index in [2.05, 4.69) is 0 Å². The van der Waals surface area contributed by atoms with Crippen LogP contribution in [0.1, 0.15) is 32.4 Å². The van der Waals surface area contributed by atoms with Gasteiger partial charge in [0, 0.05) is 23.3 Å². The van der Waals surface area contributed by atoms with Gasteiger partial charge in [-0.2, -0.15) is 5.23 Å². The number of carbonyl (C=O) groups is 4. The number of amides is 2. The Bertz CT molecular complexity index is 1380. The molecule has 0 bridgehead atoms. The van der Waals surface area contributed by atoms with Gasteiger partial charge >= 0.3 is 0 Å². The second-order valence-corrected chi connectivity index (χ2v) is 8.76. The monoisotopic (exact) mass is 470 g/mol. The number of imide groups is 1. The molecule has 2 heterocycles. The summed E-state index contributed by atoms with van der Waals surface area (Å²) < 4.78 is 6.20. The van der Waals surface area contributed by atoms with Crippen molar-refractivity contribution in [2.24, 2.45) is 11.8 Å². The third kappa shape index (κ3) is 2.77. The lowest BCUT2D eigenvalue weighted by Crippen LogP contribution is -2.99. The van der Waals surface area contributed by atoms with Crippen molar-refractivity contribution in [2.45, 2.75) is 11.7 Å². The van der Waals surface area contributed by atoms with Crippen LogP contribution in [0.15, 0.2) is 78.9 Å². The summed E-state index contributed by atoms with van der Waals surface area (Å²) in [4.78, 5) is 55.8. The Morgan fingerprint density at radius 1 is 0.829 bits per heavy atom. The molecule has 35 heavy (non-hydrogen) atoms. The molecule has 6 rings (SSSR count). The zero-order valence-electron chi connectivity index (χ0n) is 18.1. The predicted molar refractivity (Wildman–Crippen MR) is 120 cm³/mol. The number of hydrogen-bond acceptors (Lipinski definition) is 7. The molecule has 3 aromatic carbocycles. The minimum Gasteiger partial charge on any atom is -0.595 e. The lowest BCUT2D eigenvalue weighted by molar-refractivity contribution is -0.991. The molecule has 3 aliphatic rings. The molecule has 1 aliphatic carbocycles. The van der Waals surface area contributed by atoms with Gasteiger partial charge in [0.2, 0.25) is 29.0 Å². The van der Waals surface area contributed by atoms with Crippen molar-refractivity contribution in [3.63, 3.8) is 0 Å². The van der Waals surface area contributed by atoms with Crippen molar-refractivity contribution in [2.75, 3.05) is 4.90 Å². The fourth-order valence-corrected chi connectivity index (χ4v) is 5.49. The summed E-state index contributed by atoms with van der Waals surface area (Å²) in [6.07, 6.45) is -1.02. The number of rotatable bonds is 3. The number of benzene rings is 3. The first-order chi connectivity index (χ1) is 16.9. The average molecular weight is 470 g/mol. The highest BCUT2D eigenvalue weighted by molar-refractivity contribution is 6.37. The second-order valence-electron chi connectivity index (χ2n) is 8.76. The molecule has 0 saturated carbocycles. The molecule has 0 radical (unpaired) electrons. The first kappa shape index (κ1) is 21.5. The number of nitrogens with zero attached hydrogens (tertiary/aromatic N) is 1. The number of quaternary nitrogens is 1. The van der Waals surface area contributed by atoms with Gasteiger partial charge in [-0.25, -0.2) is 10.1 Å². The van der Waals surface area contributed by atoms with Gasteiger partial charge in [0.05, 0.1) is 23.6 Å². The van der Waals surface area contributed by atoms with E-state index in [4.69, 9.17) is 4.74 Å². The Kier molecular flexibility index (Phi) is 4.60. The summed E-state index contributed by atoms with van der Waals surface area (Å²) in [5, 5.41) is 19.6. The Labute approximate surface area is 198 Å². The van der Waals surface area contributed by atoms with Crippen LogP contribution in [-0.2, 0) is 14.3 Å². The largest absolute Gasteiger partial charge is 0.595 e. The first-order valence-corrected chi connectivity index (χ1v) is 11.0. The normalized spacial score (nSPS) is 25.3. The number of fused-ring (bicyclic) bond motifs is 3. The van der Waals surface area contributed by atoms with Gasteiger partial charge in [-0.3, -0.25) is 19.2 Å². The van der Waals surface area contributed by atoms with Gasteiger partial charge < -0.3 is 9.94 Å². The number of nitrogens with one attached hydrogen (secondary N) is 1. The third-order valence-corrected chi connectivity index (χ3v) is 7.00. The lowest BCUT2D eigenvalue weighted by Gasteiger charge is -2.27. The van der Waals surface area contributed by atoms with E-state index in [1.807, 2.05) is 0 Å². The maximum Gasteiger partial charge on any atom is 0.241 e. The molecule has 1 unspecified atom stereocenters. The van der Waals surface area contributed by atoms with Crippen molar-refractivity contribution in [1.82, 2.24) is 0 Å². The summed E-state index contributed by atoms with van der Waals surface area (Å²) >= 11 is 0. The summed E-state index contributed by atoms with van der Waals surface area (Å²) in [7, 11) is 0. The molecule has 3 aromatic rings. The summed E-state index contributed by atoms with van der Waals surface area (Å²) in [6.45, 7) is 0. The zero-order valence-corrected chi connectivity index (χ0v) is 18.1. The first-order valence-electron chi connectivity index (χ1n) is 11.0. The molecular formula is C26H18N2O7. The van der Waals surface area contributed by atoms with E-state index in [9.17, 15) is 29.6 Å². The summed E-state index contributed by atoms with van der Waals surface area (Å²) in [5.74, 6) is -5.23. The Hall–Kier alpha value is -4.02. The van der Waals surface area contributed by atoms with E-state index >= 15 is 0 Å². The topological polar surface area (TPSA) is 128 Å². The lowest BCUT2D eigenvalue weighted by atomic mass is 9.77. The Morgan fingerprint density at radius 3 is 2.09 bits per heavy atom. The van der Waals surface area contributed by atoms with Crippen LogP contribution in [0.2, 0.25) is 0 Å². The highest BCUT2D eigenvalue weighted by atomic mass is 16.8. The molecule has 2 fully saturated rings. The van der Waals surface area contributed by atoms with Gasteiger partial charge in [-0.15, -0.1) is 0 Å². The van der Waals surface area contributed by atoms with Gasteiger partial charge in [0.1, 0.15) is 0 Å². The molecule has 2 N–H and O–H groups in total. The minimum absolute atomic E-state index is 0.0617. The zero-order chi connectivity index (χ0) is 24.5.